The topological polar surface area (TPSA) is 68.3 Å². The minimum absolute atomic E-state index is 0.0159. The highest BCUT2D eigenvalue weighted by Crippen LogP contribution is 2.30. The molecule has 0 radical (unpaired) electrons. The van der Waals surface area contributed by atoms with E-state index in [4.69, 9.17) is 0 Å². The molecule has 124 valence electrons. The highest BCUT2D eigenvalue weighted by molar-refractivity contribution is 5.76. The molecule has 4 heterocycles. The van der Waals surface area contributed by atoms with Crippen molar-refractivity contribution in [3.8, 4) is 0 Å². The van der Waals surface area contributed by atoms with Crippen molar-refractivity contribution in [3.63, 3.8) is 0 Å². The number of nitrogens with zero attached hydrogens (tertiary/aromatic N) is 6. The van der Waals surface area contributed by atoms with Gasteiger partial charge >= 0.3 is 0 Å². The highest BCUT2D eigenvalue weighted by atomic mass is 16.2. The van der Waals surface area contributed by atoms with Crippen LogP contribution in [0, 0.1) is 6.92 Å². The predicted molar refractivity (Wildman–Crippen MR) is 88.3 cm³/mol. The third-order valence-corrected chi connectivity index (χ3v) is 4.61. The molecule has 7 nitrogen and oxygen atoms in total. The number of carbonyl (C=O) groups is 1. The van der Waals surface area contributed by atoms with Crippen LogP contribution in [0.2, 0.25) is 0 Å². The molecule has 1 saturated heterocycles. The second-order valence-corrected chi connectivity index (χ2v) is 6.22. The van der Waals surface area contributed by atoms with Crippen molar-refractivity contribution in [2.75, 3.05) is 6.54 Å². The van der Waals surface area contributed by atoms with Crippen LogP contribution in [-0.2, 0) is 11.3 Å². The summed E-state index contributed by atoms with van der Waals surface area (Å²) in [4.78, 5) is 23.7. The molecule has 3 aromatic heterocycles. The number of hydrogen-bond acceptors (Lipinski definition) is 4. The van der Waals surface area contributed by atoms with E-state index in [0.29, 0.717) is 5.78 Å². The van der Waals surface area contributed by atoms with E-state index in [-0.39, 0.29) is 18.5 Å². The number of imidazole rings is 1. The molecule has 0 aliphatic carbocycles. The summed E-state index contributed by atoms with van der Waals surface area (Å²) in [6.45, 7) is 3.08. The van der Waals surface area contributed by atoms with Crippen LogP contribution in [-0.4, -0.2) is 41.5 Å². The first kappa shape index (κ1) is 14.9. The summed E-state index contributed by atoms with van der Waals surface area (Å²) in [7, 11) is 0. The Balaban J connectivity index is 1.64. The fourth-order valence-corrected chi connectivity index (χ4v) is 3.42. The quantitative estimate of drug-likeness (QED) is 0.739. The molecule has 24 heavy (non-hydrogen) atoms. The largest absolute Gasteiger partial charge is 0.332 e. The van der Waals surface area contributed by atoms with Crippen molar-refractivity contribution in [1.82, 2.24) is 29.0 Å². The number of likely N-dealkylation sites (tertiary alicyclic amines) is 1. The van der Waals surface area contributed by atoms with Crippen LogP contribution in [0.1, 0.15) is 36.7 Å². The molecule has 0 N–H and O–H groups in total. The zero-order valence-electron chi connectivity index (χ0n) is 13.7. The summed E-state index contributed by atoms with van der Waals surface area (Å²) >= 11 is 0. The average molecular weight is 324 g/mol. The lowest BCUT2D eigenvalue weighted by Crippen LogP contribution is -2.40. The lowest BCUT2D eigenvalue weighted by Gasteiger charge is -2.35. The molecule has 0 bridgehead atoms. The number of piperidine rings is 1. The van der Waals surface area contributed by atoms with E-state index in [9.17, 15) is 4.79 Å². The Morgan fingerprint density at radius 1 is 1.29 bits per heavy atom. The van der Waals surface area contributed by atoms with Crippen LogP contribution < -0.4 is 0 Å². The molecule has 7 heteroatoms. The maximum absolute atomic E-state index is 12.8. The fourth-order valence-electron chi connectivity index (χ4n) is 3.42. The molecule has 1 atom stereocenters. The van der Waals surface area contributed by atoms with Crippen LogP contribution in [0.15, 0.2) is 36.9 Å². The van der Waals surface area contributed by atoms with Gasteiger partial charge in [-0.25, -0.2) is 9.97 Å². The van der Waals surface area contributed by atoms with E-state index in [0.717, 1.165) is 37.2 Å². The molecular formula is C17H20N6O. The van der Waals surface area contributed by atoms with Gasteiger partial charge in [0, 0.05) is 37.0 Å². The lowest BCUT2D eigenvalue weighted by atomic mass is 9.98. The molecule has 3 aromatic rings. The van der Waals surface area contributed by atoms with E-state index in [2.05, 4.69) is 21.1 Å². The third kappa shape index (κ3) is 2.66. The van der Waals surface area contributed by atoms with Crippen LogP contribution in [0.5, 0.6) is 0 Å². The maximum atomic E-state index is 12.8. The van der Waals surface area contributed by atoms with Crippen molar-refractivity contribution in [1.29, 1.82) is 0 Å². The van der Waals surface area contributed by atoms with Gasteiger partial charge in [0.25, 0.3) is 0 Å². The van der Waals surface area contributed by atoms with Gasteiger partial charge in [0.05, 0.1) is 11.7 Å². The van der Waals surface area contributed by atoms with Crippen molar-refractivity contribution in [2.24, 2.45) is 0 Å². The van der Waals surface area contributed by atoms with Gasteiger partial charge in [-0.15, -0.1) is 0 Å². The molecule has 0 aromatic carbocycles. The molecule has 4 rings (SSSR count). The standard InChI is InChI=1S/C17H20N6O/c1-13-11-14(20-17-18-7-10-22(13)17)15-5-2-3-9-23(15)16(24)12-21-8-4-6-19-21/h4,6-8,10-11,15H,2-3,5,9,12H2,1H3/t15-/m0/s1. The summed E-state index contributed by atoms with van der Waals surface area (Å²) in [5.74, 6) is 0.779. The first-order valence-electron chi connectivity index (χ1n) is 8.30. The second-order valence-electron chi connectivity index (χ2n) is 6.22. The van der Waals surface area contributed by atoms with Gasteiger partial charge in [-0.1, -0.05) is 0 Å². The molecule has 0 unspecified atom stereocenters. The van der Waals surface area contributed by atoms with Crippen molar-refractivity contribution in [3.05, 3.63) is 48.3 Å². The van der Waals surface area contributed by atoms with Gasteiger partial charge in [-0.3, -0.25) is 13.9 Å². The monoisotopic (exact) mass is 324 g/mol. The average Bonchev–Trinajstić information content (AvgIpc) is 3.26. The molecule has 1 aliphatic rings. The van der Waals surface area contributed by atoms with E-state index in [1.807, 2.05) is 34.7 Å². The summed E-state index contributed by atoms with van der Waals surface area (Å²) in [6.07, 6.45) is 10.2. The van der Waals surface area contributed by atoms with E-state index < -0.39 is 0 Å². The van der Waals surface area contributed by atoms with Crippen molar-refractivity contribution >= 4 is 11.7 Å². The lowest BCUT2D eigenvalue weighted by molar-refractivity contribution is -0.136. The first-order valence-corrected chi connectivity index (χ1v) is 8.30. The zero-order chi connectivity index (χ0) is 16.5. The Labute approximate surface area is 139 Å². The van der Waals surface area contributed by atoms with Crippen LogP contribution in [0.3, 0.4) is 0 Å². The number of aromatic nitrogens is 5. The number of amides is 1. The minimum atomic E-state index is 0.0159. The normalized spacial score (nSPS) is 18.2. The Morgan fingerprint density at radius 3 is 3.04 bits per heavy atom. The molecule has 0 spiro atoms. The molecule has 1 amide bonds. The number of aryl methyl sites for hydroxylation is 1. The highest BCUT2D eigenvalue weighted by Gasteiger charge is 2.29. The van der Waals surface area contributed by atoms with Gasteiger partial charge < -0.3 is 4.90 Å². The van der Waals surface area contributed by atoms with E-state index in [1.165, 1.54) is 0 Å². The summed E-state index contributed by atoms with van der Waals surface area (Å²) < 4.78 is 3.63. The summed E-state index contributed by atoms with van der Waals surface area (Å²) in [5, 5.41) is 4.14. The Bertz CT molecular complexity index is 853. The summed E-state index contributed by atoms with van der Waals surface area (Å²) in [6, 6.07) is 3.92. The molecule has 1 aliphatic heterocycles. The Kier molecular flexibility index (Phi) is 3.76. The Morgan fingerprint density at radius 2 is 2.21 bits per heavy atom. The molecule has 1 fully saturated rings. The van der Waals surface area contributed by atoms with Crippen molar-refractivity contribution < 1.29 is 4.79 Å². The van der Waals surface area contributed by atoms with Crippen LogP contribution in [0.25, 0.3) is 5.78 Å². The molecule has 0 saturated carbocycles. The molecular weight excluding hydrogens is 304 g/mol. The third-order valence-electron chi connectivity index (χ3n) is 4.61. The van der Waals surface area contributed by atoms with Gasteiger partial charge in [-0.05, 0) is 38.3 Å². The fraction of sp³-hybridized carbons (Fsp3) is 0.412. The number of rotatable bonds is 3. The van der Waals surface area contributed by atoms with Gasteiger partial charge in [0.15, 0.2) is 0 Å². The predicted octanol–water partition coefficient (Wildman–Crippen LogP) is 1.99. The van der Waals surface area contributed by atoms with Gasteiger partial charge in [0.1, 0.15) is 6.54 Å². The first-order chi connectivity index (χ1) is 11.7. The Hall–Kier alpha value is -2.70. The van der Waals surface area contributed by atoms with E-state index in [1.54, 1.807) is 17.1 Å². The number of carbonyl (C=O) groups excluding carboxylic acids is 1. The zero-order valence-corrected chi connectivity index (χ0v) is 13.7. The maximum Gasteiger partial charge on any atom is 0.244 e. The number of fused-ring (bicyclic) bond motifs is 1. The van der Waals surface area contributed by atoms with Crippen LogP contribution in [0.4, 0.5) is 0 Å². The minimum Gasteiger partial charge on any atom is -0.332 e. The van der Waals surface area contributed by atoms with E-state index >= 15 is 0 Å². The van der Waals surface area contributed by atoms with Gasteiger partial charge in [0.2, 0.25) is 11.7 Å². The smallest absolute Gasteiger partial charge is 0.244 e. The SMILES string of the molecule is Cc1cc([C@@H]2CCCCN2C(=O)Cn2cccn2)nc2nccn12. The number of hydrogen-bond donors (Lipinski definition) is 0. The van der Waals surface area contributed by atoms with Crippen LogP contribution >= 0.6 is 0 Å². The second kappa shape index (κ2) is 6.07. The van der Waals surface area contributed by atoms with Gasteiger partial charge in [-0.2, -0.15) is 5.10 Å². The summed E-state index contributed by atoms with van der Waals surface area (Å²) in [5.41, 5.74) is 2.01. The van der Waals surface area contributed by atoms with Crippen molar-refractivity contribution in [2.45, 2.75) is 38.8 Å².